The van der Waals surface area contributed by atoms with Gasteiger partial charge in [0.05, 0.1) is 0 Å². The van der Waals surface area contributed by atoms with Gasteiger partial charge in [0.2, 0.25) is 5.95 Å². The summed E-state index contributed by atoms with van der Waals surface area (Å²) in [5.74, 6) is 5.15. The molecular weight excluding hydrogens is 248 g/mol. The zero-order valence-electron chi connectivity index (χ0n) is 12.7. The molecule has 4 fully saturated rings. The van der Waals surface area contributed by atoms with Crippen molar-refractivity contribution >= 4 is 5.95 Å². The van der Waals surface area contributed by atoms with E-state index in [0.717, 1.165) is 36.8 Å². The summed E-state index contributed by atoms with van der Waals surface area (Å²) in [6.07, 6.45) is 8.55. The highest BCUT2D eigenvalue weighted by Crippen LogP contribution is 2.60. The molecule has 4 heteroatoms. The van der Waals surface area contributed by atoms with Crippen LogP contribution in [0.4, 0.5) is 5.95 Å². The molecule has 4 saturated carbocycles. The molecule has 0 radical (unpaired) electrons. The van der Waals surface area contributed by atoms with Crippen LogP contribution < -0.4 is 5.32 Å². The Hall–Kier alpha value is -1.06. The number of hydrogen-bond acceptors (Lipinski definition) is 3. The summed E-state index contributed by atoms with van der Waals surface area (Å²) in [5, 5.41) is 12.5. The van der Waals surface area contributed by atoms with Crippen LogP contribution in [0.2, 0.25) is 0 Å². The Morgan fingerprint density at radius 1 is 1.05 bits per heavy atom. The highest BCUT2D eigenvalue weighted by Gasteiger charge is 2.53. The molecule has 1 heterocycles. The Labute approximate surface area is 121 Å². The molecule has 4 bridgehead atoms. The van der Waals surface area contributed by atoms with Gasteiger partial charge in [-0.15, -0.1) is 10.2 Å². The lowest BCUT2D eigenvalue weighted by molar-refractivity contribution is -0.0110. The molecule has 4 aliphatic rings. The third kappa shape index (κ3) is 1.73. The Bertz CT molecular complexity index is 469. The number of aromatic nitrogens is 3. The van der Waals surface area contributed by atoms with Gasteiger partial charge in [-0.2, -0.15) is 0 Å². The van der Waals surface area contributed by atoms with Crippen molar-refractivity contribution in [2.24, 2.45) is 17.8 Å². The maximum atomic E-state index is 4.65. The van der Waals surface area contributed by atoms with E-state index in [2.05, 4.69) is 33.9 Å². The van der Waals surface area contributed by atoms with Crippen molar-refractivity contribution in [1.82, 2.24) is 14.8 Å². The minimum absolute atomic E-state index is 0.353. The normalized spacial score (nSPS) is 38.4. The molecular formula is C16H26N4. The molecule has 0 unspecified atom stereocenters. The van der Waals surface area contributed by atoms with Gasteiger partial charge in [0.15, 0.2) is 0 Å². The summed E-state index contributed by atoms with van der Waals surface area (Å²) < 4.78 is 2.34. The van der Waals surface area contributed by atoms with Gasteiger partial charge in [0, 0.05) is 18.5 Å². The van der Waals surface area contributed by atoms with Gasteiger partial charge >= 0.3 is 0 Å². The Kier molecular flexibility index (Phi) is 2.83. The molecule has 110 valence electrons. The fourth-order valence-electron chi connectivity index (χ4n) is 5.67. The fraction of sp³-hybridized carbons (Fsp3) is 0.875. The second-order valence-corrected chi connectivity index (χ2v) is 7.32. The predicted octanol–water partition coefficient (Wildman–Crippen LogP) is 3.20. The number of anilines is 1. The highest BCUT2D eigenvalue weighted by atomic mass is 15.4. The van der Waals surface area contributed by atoms with Crippen molar-refractivity contribution < 1.29 is 0 Å². The molecule has 1 aromatic rings. The first-order chi connectivity index (χ1) is 9.74. The zero-order valence-corrected chi connectivity index (χ0v) is 12.7. The van der Waals surface area contributed by atoms with Crippen molar-refractivity contribution in [3.05, 3.63) is 5.82 Å². The topological polar surface area (TPSA) is 42.7 Å². The second-order valence-electron chi connectivity index (χ2n) is 7.32. The van der Waals surface area contributed by atoms with Crippen LogP contribution >= 0.6 is 0 Å². The molecule has 0 aliphatic heterocycles. The maximum Gasteiger partial charge on any atom is 0.224 e. The largest absolute Gasteiger partial charge is 0.355 e. The smallest absolute Gasteiger partial charge is 0.224 e. The van der Waals surface area contributed by atoms with Crippen LogP contribution in [0.5, 0.6) is 0 Å². The van der Waals surface area contributed by atoms with E-state index in [-0.39, 0.29) is 0 Å². The minimum atomic E-state index is 0.353. The van der Waals surface area contributed by atoms with Crippen molar-refractivity contribution in [1.29, 1.82) is 0 Å². The first-order valence-corrected chi connectivity index (χ1v) is 8.41. The van der Waals surface area contributed by atoms with Crippen LogP contribution in [0.25, 0.3) is 0 Å². The third-order valence-corrected chi connectivity index (χ3v) is 5.91. The molecule has 4 nitrogen and oxygen atoms in total. The predicted molar refractivity (Wildman–Crippen MR) is 79.7 cm³/mol. The van der Waals surface area contributed by atoms with E-state index in [1.807, 2.05) is 0 Å². The van der Waals surface area contributed by atoms with Crippen molar-refractivity contribution in [3.8, 4) is 0 Å². The van der Waals surface area contributed by atoms with E-state index in [1.165, 1.54) is 44.3 Å². The fourth-order valence-corrected chi connectivity index (χ4v) is 5.67. The molecule has 0 aromatic carbocycles. The molecule has 1 aromatic heterocycles. The van der Waals surface area contributed by atoms with E-state index in [9.17, 15) is 0 Å². The number of rotatable bonds is 4. The molecule has 0 atom stereocenters. The zero-order chi connectivity index (χ0) is 13.7. The summed E-state index contributed by atoms with van der Waals surface area (Å²) >= 11 is 0. The summed E-state index contributed by atoms with van der Waals surface area (Å²) in [5.41, 5.74) is 0.353. The van der Waals surface area contributed by atoms with Crippen LogP contribution in [0.3, 0.4) is 0 Å². The van der Waals surface area contributed by atoms with E-state index in [0.29, 0.717) is 5.41 Å². The van der Waals surface area contributed by atoms with E-state index < -0.39 is 0 Å². The molecule has 5 rings (SSSR count). The molecule has 1 N–H and O–H groups in total. The Morgan fingerprint density at radius 2 is 1.65 bits per heavy atom. The molecule has 20 heavy (non-hydrogen) atoms. The van der Waals surface area contributed by atoms with Gasteiger partial charge in [0.25, 0.3) is 0 Å². The molecule has 0 saturated heterocycles. The number of hydrogen-bond donors (Lipinski definition) is 1. The Morgan fingerprint density at radius 3 is 2.15 bits per heavy atom. The van der Waals surface area contributed by atoms with Crippen molar-refractivity contribution in [3.63, 3.8) is 0 Å². The maximum absolute atomic E-state index is 4.65. The van der Waals surface area contributed by atoms with Crippen molar-refractivity contribution in [2.45, 2.75) is 64.3 Å². The van der Waals surface area contributed by atoms with Gasteiger partial charge < -0.3 is 5.32 Å². The van der Waals surface area contributed by atoms with Crippen LogP contribution in [0, 0.1) is 17.8 Å². The van der Waals surface area contributed by atoms with Gasteiger partial charge in [0.1, 0.15) is 5.82 Å². The van der Waals surface area contributed by atoms with Gasteiger partial charge in [-0.1, -0.05) is 0 Å². The Balaban J connectivity index is 1.73. The van der Waals surface area contributed by atoms with Gasteiger partial charge in [-0.05, 0) is 70.1 Å². The third-order valence-electron chi connectivity index (χ3n) is 5.91. The van der Waals surface area contributed by atoms with Crippen LogP contribution in [-0.4, -0.2) is 21.3 Å². The average Bonchev–Trinajstić information content (AvgIpc) is 2.81. The molecule has 0 amide bonds. The highest BCUT2D eigenvalue weighted by molar-refractivity contribution is 5.30. The minimum Gasteiger partial charge on any atom is -0.355 e. The lowest BCUT2D eigenvalue weighted by Crippen LogP contribution is -2.49. The standard InChI is InChI=1S/C16H26N4/c1-3-17-15-19-18-14(20(15)4-2)16-8-11-5-12(9-16)7-13(6-11)10-16/h11-13H,3-10H2,1-2H3,(H,17,19). The van der Waals surface area contributed by atoms with Crippen LogP contribution in [0.15, 0.2) is 0 Å². The summed E-state index contributed by atoms with van der Waals surface area (Å²) in [6, 6.07) is 0. The summed E-state index contributed by atoms with van der Waals surface area (Å²) in [6.45, 7) is 6.23. The van der Waals surface area contributed by atoms with Gasteiger partial charge in [-0.25, -0.2) is 0 Å². The van der Waals surface area contributed by atoms with E-state index >= 15 is 0 Å². The van der Waals surface area contributed by atoms with Gasteiger partial charge in [-0.3, -0.25) is 4.57 Å². The van der Waals surface area contributed by atoms with E-state index in [4.69, 9.17) is 0 Å². The number of nitrogens with zero attached hydrogens (tertiary/aromatic N) is 3. The molecule has 4 aliphatic carbocycles. The molecule has 0 spiro atoms. The lowest BCUT2D eigenvalue weighted by Gasteiger charge is -2.56. The van der Waals surface area contributed by atoms with Crippen molar-refractivity contribution in [2.75, 3.05) is 11.9 Å². The quantitative estimate of drug-likeness (QED) is 0.917. The monoisotopic (exact) mass is 274 g/mol. The second kappa shape index (κ2) is 4.47. The lowest BCUT2D eigenvalue weighted by atomic mass is 9.49. The van der Waals surface area contributed by atoms with Crippen LogP contribution in [-0.2, 0) is 12.0 Å². The van der Waals surface area contributed by atoms with E-state index in [1.54, 1.807) is 0 Å². The first kappa shape index (κ1) is 12.7. The first-order valence-electron chi connectivity index (χ1n) is 8.41. The summed E-state index contributed by atoms with van der Waals surface area (Å²) in [4.78, 5) is 0. The average molecular weight is 274 g/mol. The number of nitrogens with one attached hydrogen (secondary N) is 1. The van der Waals surface area contributed by atoms with Crippen LogP contribution in [0.1, 0.15) is 58.2 Å². The SMILES string of the molecule is CCNc1nnc(C23CC4CC(CC(C4)C2)C3)n1CC. The summed E-state index contributed by atoms with van der Waals surface area (Å²) in [7, 11) is 0.